The molecule has 0 heterocycles. The Bertz CT molecular complexity index is 734. The van der Waals surface area contributed by atoms with Crippen molar-refractivity contribution in [2.24, 2.45) is 0 Å². The summed E-state index contributed by atoms with van der Waals surface area (Å²) in [5.74, 6) is -1.01. The molecule has 20 heavy (non-hydrogen) atoms. The molecule has 0 aromatic heterocycles. The summed E-state index contributed by atoms with van der Waals surface area (Å²) in [5.41, 5.74) is 1.73. The molecule has 4 rings (SSSR count). The minimum atomic E-state index is -0.253. The third kappa shape index (κ3) is 1.20. The van der Waals surface area contributed by atoms with Crippen molar-refractivity contribution in [3.05, 3.63) is 46.5 Å². The van der Waals surface area contributed by atoms with Crippen molar-refractivity contribution in [3.8, 4) is 0 Å². The molecule has 2 aromatic rings. The Labute approximate surface area is 113 Å². The Balaban J connectivity index is 2.29. The monoisotopic (exact) mass is 264 g/mol. The normalized spacial score (nSPS) is 17.0. The van der Waals surface area contributed by atoms with Crippen molar-refractivity contribution in [3.63, 3.8) is 0 Å². The van der Waals surface area contributed by atoms with Crippen LogP contribution in [0.5, 0.6) is 0 Å². The van der Waals surface area contributed by atoms with Gasteiger partial charge < -0.3 is 0 Å². The number of Topliss-reactive ketones (excluding diaryl/α,β-unsaturated/α-hetero) is 4. The molecule has 96 valence electrons. The molecule has 0 atom stereocenters. The van der Waals surface area contributed by atoms with Crippen LogP contribution < -0.4 is 0 Å². The van der Waals surface area contributed by atoms with Crippen LogP contribution in [-0.2, 0) is 0 Å². The first-order valence-electron chi connectivity index (χ1n) is 6.30. The number of carbonyl (C=O) groups is 4. The molecule has 0 bridgehead atoms. The Hall–Kier alpha value is -2.62. The second-order valence-corrected chi connectivity index (χ2v) is 5.12. The fourth-order valence-electron chi connectivity index (χ4n) is 3.10. The van der Waals surface area contributed by atoms with Crippen LogP contribution in [0.3, 0.4) is 0 Å². The summed E-state index contributed by atoms with van der Waals surface area (Å²) in [7, 11) is 0. The van der Waals surface area contributed by atoms with Gasteiger partial charge in [-0.15, -0.1) is 0 Å². The molecule has 2 aromatic carbocycles. The quantitative estimate of drug-likeness (QED) is 0.685. The molecular weight excluding hydrogens is 256 g/mol. The van der Waals surface area contributed by atoms with E-state index in [-0.39, 0.29) is 36.0 Å². The van der Waals surface area contributed by atoms with Gasteiger partial charge in [-0.3, -0.25) is 19.2 Å². The van der Waals surface area contributed by atoms with Crippen molar-refractivity contribution < 1.29 is 19.2 Å². The number of benzene rings is 2. The Kier molecular flexibility index (Phi) is 1.95. The van der Waals surface area contributed by atoms with Crippen LogP contribution in [0.1, 0.15) is 54.3 Å². The van der Waals surface area contributed by atoms with Gasteiger partial charge in [0.1, 0.15) is 0 Å². The van der Waals surface area contributed by atoms with Gasteiger partial charge in [-0.1, -0.05) is 24.3 Å². The summed E-state index contributed by atoms with van der Waals surface area (Å²) in [4.78, 5) is 47.9. The molecule has 2 aliphatic carbocycles. The minimum Gasteiger partial charge on any atom is -0.294 e. The molecule has 0 aliphatic heterocycles. The van der Waals surface area contributed by atoms with E-state index in [9.17, 15) is 19.2 Å². The lowest BCUT2D eigenvalue weighted by Gasteiger charge is -2.21. The highest BCUT2D eigenvalue weighted by Crippen LogP contribution is 2.37. The number of ketones is 4. The van der Waals surface area contributed by atoms with Gasteiger partial charge >= 0.3 is 0 Å². The Morgan fingerprint density at radius 2 is 0.750 bits per heavy atom. The standard InChI is InChI=1S/C16H8O4/c17-11-5-13(19)9-3-4-10-14(20)6-12(18)8-2-1-7(11)15(9)16(8)10/h1-4H,5-6H2. The smallest absolute Gasteiger partial charge is 0.171 e. The van der Waals surface area contributed by atoms with Crippen molar-refractivity contribution in [2.45, 2.75) is 12.8 Å². The van der Waals surface area contributed by atoms with Crippen molar-refractivity contribution in [1.29, 1.82) is 0 Å². The highest BCUT2D eigenvalue weighted by Gasteiger charge is 2.32. The highest BCUT2D eigenvalue weighted by molar-refractivity contribution is 6.35. The van der Waals surface area contributed by atoms with Gasteiger partial charge in [-0.2, -0.15) is 0 Å². The maximum atomic E-state index is 12.0. The molecule has 0 radical (unpaired) electrons. The van der Waals surface area contributed by atoms with Crippen LogP contribution in [0.2, 0.25) is 0 Å². The second-order valence-electron chi connectivity index (χ2n) is 5.12. The van der Waals surface area contributed by atoms with Gasteiger partial charge in [-0.05, 0) is 0 Å². The van der Waals surface area contributed by atoms with E-state index in [1.165, 1.54) is 0 Å². The summed E-state index contributed by atoms with van der Waals surface area (Å²) < 4.78 is 0. The number of hydrogen-bond donors (Lipinski definition) is 0. The predicted molar refractivity (Wildman–Crippen MR) is 70.5 cm³/mol. The number of rotatable bonds is 0. The van der Waals surface area contributed by atoms with E-state index in [2.05, 4.69) is 0 Å². The minimum absolute atomic E-state index is 0.150. The zero-order valence-electron chi connectivity index (χ0n) is 10.4. The molecule has 4 nitrogen and oxygen atoms in total. The second kappa shape index (κ2) is 3.48. The van der Waals surface area contributed by atoms with Gasteiger partial charge in [0.15, 0.2) is 23.1 Å². The molecule has 0 fully saturated rings. The van der Waals surface area contributed by atoms with Crippen LogP contribution in [-0.4, -0.2) is 23.1 Å². The molecule has 0 amide bonds. The maximum absolute atomic E-state index is 12.0. The number of carbonyl (C=O) groups excluding carboxylic acids is 4. The van der Waals surface area contributed by atoms with E-state index < -0.39 is 0 Å². The first-order chi connectivity index (χ1) is 9.58. The van der Waals surface area contributed by atoms with Crippen LogP contribution in [0.4, 0.5) is 0 Å². The van der Waals surface area contributed by atoms with Gasteiger partial charge in [-0.25, -0.2) is 0 Å². The van der Waals surface area contributed by atoms with Crippen LogP contribution in [0.15, 0.2) is 24.3 Å². The van der Waals surface area contributed by atoms with Crippen LogP contribution in [0, 0.1) is 0 Å². The lowest BCUT2D eigenvalue weighted by molar-refractivity contribution is 0.0869. The molecule has 0 unspecified atom stereocenters. The fourth-order valence-corrected chi connectivity index (χ4v) is 3.10. The van der Waals surface area contributed by atoms with E-state index in [0.717, 1.165) is 0 Å². The SMILES string of the molecule is O=C1CC(=O)c2ccc3c4c(ccc1c24)C(=O)CC3=O. The molecular formula is C16H8O4. The number of hydrogen-bond acceptors (Lipinski definition) is 4. The average Bonchev–Trinajstić information content (AvgIpc) is 2.42. The fraction of sp³-hybridized carbons (Fsp3) is 0.125. The molecule has 0 spiro atoms. The Morgan fingerprint density at radius 1 is 0.500 bits per heavy atom. The summed E-state index contributed by atoms with van der Waals surface area (Å²) in [5, 5.41) is 0.949. The van der Waals surface area contributed by atoms with Crippen LogP contribution >= 0.6 is 0 Å². The third-order valence-corrected chi connectivity index (χ3v) is 4.00. The summed E-state index contributed by atoms with van der Waals surface area (Å²) in [6.07, 6.45) is -0.300. The lowest BCUT2D eigenvalue weighted by atomic mass is 9.79. The topological polar surface area (TPSA) is 68.3 Å². The maximum Gasteiger partial charge on any atom is 0.171 e. The average molecular weight is 264 g/mol. The molecule has 0 saturated carbocycles. The zero-order chi connectivity index (χ0) is 14.0. The van der Waals surface area contributed by atoms with Gasteiger partial charge in [0.2, 0.25) is 0 Å². The lowest BCUT2D eigenvalue weighted by Crippen LogP contribution is -2.22. The van der Waals surface area contributed by atoms with E-state index in [0.29, 0.717) is 33.0 Å². The van der Waals surface area contributed by atoms with E-state index in [1.54, 1.807) is 24.3 Å². The first kappa shape index (κ1) is 11.2. The summed E-state index contributed by atoms with van der Waals surface area (Å²) in [6, 6.07) is 6.36. The van der Waals surface area contributed by atoms with Crippen molar-refractivity contribution >= 4 is 33.9 Å². The third-order valence-electron chi connectivity index (χ3n) is 4.00. The summed E-state index contributed by atoms with van der Waals surface area (Å²) >= 11 is 0. The molecule has 0 saturated heterocycles. The van der Waals surface area contributed by atoms with E-state index >= 15 is 0 Å². The predicted octanol–water partition coefficient (Wildman–Crippen LogP) is 2.38. The molecule has 4 heteroatoms. The van der Waals surface area contributed by atoms with Gasteiger partial charge in [0.25, 0.3) is 0 Å². The molecule has 2 aliphatic rings. The van der Waals surface area contributed by atoms with Gasteiger partial charge in [0, 0.05) is 33.0 Å². The van der Waals surface area contributed by atoms with Crippen LogP contribution in [0.25, 0.3) is 10.8 Å². The van der Waals surface area contributed by atoms with Gasteiger partial charge in [0.05, 0.1) is 12.8 Å². The highest BCUT2D eigenvalue weighted by atomic mass is 16.2. The largest absolute Gasteiger partial charge is 0.294 e. The van der Waals surface area contributed by atoms with E-state index in [4.69, 9.17) is 0 Å². The van der Waals surface area contributed by atoms with Crippen molar-refractivity contribution in [2.75, 3.05) is 0 Å². The van der Waals surface area contributed by atoms with Crippen molar-refractivity contribution in [1.82, 2.24) is 0 Å². The molecule has 0 N–H and O–H groups in total. The summed E-state index contributed by atoms with van der Waals surface area (Å²) in [6.45, 7) is 0. The van der Waals surface area contributed by atoms with E-state index in [1.807, 2.05) is 0 Å². The Morgan fingerprint density at radius 3 is 1.00 bits per heavy atom. The first-order valence-corrected chi connectivity index (χ1v) is 6.30. The zero-order valence-corrected chi connectivity index (χ0v) is 10.4.